The molecule has 2 aliphatic carbocycles. The number of hydrogen-bond acceptors (Lipinski definition) is 9. The van der Waals surface area contributed by atoms with Crippen molar-refractivity contribution in [2.75, 3.05) is 30.5 Å². The Morgan fingerprint density at radius 1 is 0.714 bits per heavy atom. The minimum Gasteiger partial charge on any atom is -0.478 e. The Morgan fingerprint density at radius 2 is 1.14 bits per heavy atom. The number of nitrogens with zero attached hydrogens (tertiary/aromatic N) is 4. The fraction of sp³-hybridized carbons (Fsp3) is 0.619. The van der Waals surface area contributed by atoms with E-state index in [1.54, 1.807) is 6.20 Å². The Labute approximate surface area is 335 Å². The van der Waals surface area contributed by atoms with Crippen LogP contribution in [0.1, 0.15) is 91.8 Å². The van der Waals surface area contributed by atoms with Crippen molar-refractivity contribution in [2.24, 2.45) is 0 Å². The number of carboxylic acids is 1. The predicted molar refractivity (Wildman–Crippen MR) is 232 cm³/mol. The second-order valence-corrected chi connectivity index (χ2v) is 29.1. The minimum atomic E-state index is -1.11. The predicted octanol–water partition coefficient (Wildman–Crippen LogP) is 10.1. The lowest BCUT2D eigenvalue weighted by Gasteiger charge is -2.25. The molecule has 2 aliphatic rings. The van der Waals surface area contributed by atoms with Crippen molar-refractivity contribution in [3.8, 4) is 0 Å². The van der Waals surface area contributed by atoms with E-state index >= 15 is 0 Å². The number of ether oxygens (including phenoxy) is 3. The van der Waals surface area contributed by atoms with Crippen LogP contribution < -0.4 is 10.6 Å². The number of fused-ring (bicyclic) bond motifs is 2. The van der Waals surface area contributed by atoms with Crippen LogP contribution in [0.4, 0.5) is 11.4 Å². The smallest absolute Gasteiger partial charge is 0.341 e. The van der Waals surface area contributed by atoms with Crippen LogP contribution >= 0.6 is 0 Å². The van der Waals surface area contributed by atoms with Crippen LogP contribution in [-0.4, -0.2) is 84.2 Å². The van der Waals surface area contributed by atoms with Gasteiger partial charge in [0.2, 0.25) is 0 Å². The van der Waals surface area contributed by atoms with Crippen molar-refractivity contribution in [1.29, 1.82) is 0 Å². The molecule has 56 heavy (non-hydrogen) atoms. The third-order valence-corrected chi connectivity index (χ3v) is 14.1. The first-order chi connectivity index (χ1) is 26.7. The Morgan fingerprint density at radius 3 is 1.55 bits per heavy atom. The van der Waals surface area contributed by atoms with Gasteiger partial charge in [-0.1, -0.05) is 77.8 Å². The van der Waals surface area contributed by atoms with Crippen molar-refractivity contribution in [3.05, 3.63) is 48.0 Å². The molecule has 4 heterocycles. The normalized spacial score (nSPS) is 15.8. The summed E-state index contributed by atoms with van der Waals surface area (Å²) in [7, 11) is -2.22. The number of aromatic carboxylic acids is 1. The highest BCUT2D eigenvalue weighted by Gasteiger charge is 2.24. The van der Waals surface area contributed by atoms with Crippen LogP contribution in [0, 0.1) is 0 Å². The average Bonchev–Trinajstić information content (AvgIpc) is 3.77. The van der Waals surface area contributed by atoms with Crippen molar-refractivity contribution in [2.45, 2.75) is 148 Å². The van der Waals surface area contributed by atoms with Crippen LogP contribution in [0.2, 0.25) is 51.4 Å². The summed E-state index contributed by atoms with van der Waals surface area (Å²) >= 11 is 0. The van der Waals surface area contributed by atoms with Crippen LogP contribution in [0.25, 0.3) is 22.1 Å². The van der Waals surface area contributed by atoms with Gasteiger partial charge in [0.1, 0.15) is 35.9 Å². The molecule has 4 aromatic heterocycles. The number of aromatic nitrogens is 4. The first-order valence-corrected chi connectivity index (χ1v) is 28.2. The second kappa shape index (κ2) is 20.1. The molecule has 2 saturated carbocycles. The topological polar surface area (TPSA) is 142 Å². The van der Waals surface area contributed by atoms with Gasteiger partial charge in [0.15, 0.2) is 0 Å². The van der Waals surface area contributed by atoms with Crippen molar-refractivity contribution in [3.63, 3.8) is 0 Å². The number of rotatable bonds is 17. The summed E-state index contributed by atoms with van der Waals surface area (Å²) < 4.78 is 21.0. The summed E-state index contributed by atoms with van der Waals surface area (Å²) in [6.07, 6.45) is 18.9. The molecule has 0 atom stereocenters. The van der Waals surface area contributed by atoms with E-state index in [4.69, 9.17) is 14.2 Å². The van der Waals surface area contributed by atoms with Crippen molar-refractivity contribution in [1.82, 2.24) is 19.1 Å². The first-order valence-electron chi connectivity index (χ1n) is 20.8. The van der Waals surface area contributed by atoms with Gasteiger partial charge in [0.25, 0.3) is 0 Å². The fourth-order valence-electron chi connectivity index (χ4n) is 7.31. The number of nitrogens with one attached hydrogen (secondary N) is 2. The van der Waals surface area contributed by atoms with Crippen LogP contribution in [0.5, 0.6) is 0 Å². The summed E-state index contributed by atoms with van der Waals surface area (Å²) in [5.74, 6) is -1.26. The van der Waals surface area contributed by atoms with Gasteiger partial charge >= 0.3 is 11.9 Å². The third-order valence-electron chi connectivity index (χ3n) is 10.7. The minimum absolute atomic E-state index is 0.241. The average molecular weight is 807 g/mol. The number of carbonyl (C=O) groups excluding carboxylic acids is 1. The standard InChI is InChI=1S/C22H35N3O3Si.C20H31N3O3Si/c1-5-28-22(26)19-15-23-21-18(20(19)24-17-9-7-6-8-10-17)11-12-25(21)16-27-13-14-29(2,3)4;1-27(2,3)12-11-26-14-23-10-9-16-18(22-15-7-5-4-6-8-15)17(20(24)25)13-21-19(16)23/h11-12,15,17H,5-10,13-14,16H2,1-4H3,(H,23,24);9-10,13,15H,4-8,11-12,14H2,1-3H3,(H,21,22)(H,24,25). The van der Waals surface area contributed by atoms with Crippen molar-refractivity contribution >= 4 is 61.5 Å². The van der Waals surface area contributed by atoms with Gasteiger partial charge in [-0.2, -0.15) is 0 Å². The highest BCUT2D eigenvalue weighted by molar-refractivity contribution is 6.76. The number of hydrogen-bond donors (Lipinski definition) is 3. The van der Waals surface area contributed by atoms with Crippen molar-refractivity contribution < 1.29 is 28.9 Å². The van der Waals surface area contributed by atoms with E-state index in [0.29, 0.717) is 43.4 Å². The molecule has 0 aliphatic heterocycles. The molecule has 0 aromatic carbocycles. The molecule has 0 bridgehead atoms. The molecule has 2 fully saturated rings. The molecule has 308 valence electrons. The molecule has 0 radical (unpaired) electrons. The molecule has 6 rings (SSSR count). The Kier molecular flexibility index (Phi) is 15.6. The maximum Gasteiger partial charge on any atom is 0.341 e. The zero-order valence-corrected chi connectivity index (χ0v) is 36.9. The largest absolute Gasteiger partial charge is 0.478 e. The lowest BCUT2D eigenvalue weighted by molar-refractivity contribution is 0.0526. The van der Waals surface area contributed by atoms with Gasteiger partial charge in [0.05, 0.1) is 18.0 Å². The van der Waals surface area contributed by atoms with Crippen LogP contribution in [-0.2, 0) is 27.7 Å². The van der Waals surface area contributed by atoms with Gasteiger partial charge < -0.3 is 39.1 Å². The Bertz CT molecular complexity index is 1890. The highest BCUT2D eigenvalue weighted by Crippen LogP contribution is 2.32. The fourth-order valence-corrected chi connectivity index (χ4v) is 8.82. The van der Waals surface area contributed by atoms with E-state index in [1.807, 2.05) is 40.6 Å². The molecule has 3 N–H and O–H groups in total. The maximum absolute atomic E-state index is 12.5. The summed E-state index contributed by atoms with van der Waals surface area (Å²) in [5, 5.41) is 18.6. The lowest BCUT2D eigenvalue weighted by Crippen LogP contribution is -2.24. The molecule has 0 spiro atoms. The summed E-state index contributed by atoms with van der Waals surface area (Å²) in [6, 6.07) is 6.95. The van der Waals surface area contributed by atoms with Gasteiger partial charge in [-0.25, -0.2) is 19.6 Å². The van der Waals surface area contributed by atoms with E-state index in [1.165, 1.54) is 44.7 Å². The summed E-state index contributed by atoms with van der Waals surface area (Å²) in [6.45, 7) is 18.7. The molecular weight excluding hydrogens is 741 g/mol. The van der Waals surface area contributed by atoms with E-state index < -0.39 is 22.1 Å². The number of carbonyl (C=O) groups is 2. The molecule has 4 aromatic rings. The summed E-state index contributed by atoms with van der Waals surface area (Å²) in [5.41, 5.74) is 3.91. The van der Waals surface area contributed by atoms with Crippen LogP contribution in [0.3, 0.4) is 0 Å². The molecule has 0 unspecified atom stereocenters. The number of pyridine rings is 2. The Balaban J connectivity index is 0.000000215. The highest BCUT2D eigenvalue weighted by atomic mass is 28.3. The number of carboxylic acid groups (broad SMARTS) is 1. The van der Waals surface area contributed by atoms with Crippen LogP contribution in [0.15, 0.2) is 36.9 Å². The van der Waals surface area contributed by atoms with Gasteiger partial charge in [-0.3, -0.25) is 0 Å². The first kappa shape index (κ1) is 43.4. The summed E-state index contributed by atoms with van der Waals surface area (Å²) in [4.78, 5) is 33.2. The van der Waals surface area contributed by atoms with E-state index in [0.717, 1.165) is 78.7 Å². The number of anilines is 2. The molecule has 14 heteroatoms. The molecule has 0 saturated heterocycles. The number of esters is 1. The molecule has 0 amide bonds. The zero-order valence-electron chi connectivity index (χ0n) is 34.9. The molecular formula is C42H66N6O6Si2. The van der Waals surface area contributed by atoms with E-state index in [2.05, 4.69) is 59.9 Å². The van der Waals surface area contributed by atoms with Gasteiger partial charge in [-0.15, -0.1) is 0 Å². The third kappa shape index (κ3) is 12.4. The Hall–Kier alpha value is -3.73. The van der Waals surface area contributed by atoms with Gasteiger partial charge in [-0.05, 0) is 56.8 Å². The second-order valence-electron chi connectivity index (χ2n) is 17.8. The van der Waals surface area contributed by atoms with Gasteiger partial charge in [0, 0.05) is 77.0 Å². The molecule has 12 nitrogen and oxygen atoms in total. The maximum atomic E-state index is 12.5. The van der Waals surface area contributed by atoms with E-state index in [9.17, 15) is 14.7 Å². The zero-order chi connectivity index (χ0) is 40.3. The monoisotopic (exact) mass is 806 g/mol. The lowest BCUT2D eigenvalue weighted by atomic mass is 9.95. The van der Waals surface area contributed by atoms with E-state index in [-0.39, 0.29) is 11.5 Å². The SMILES string of the molecule is CCOC(=O)c1cnc2c(ccn2COCC[Si](C)(C)C)c1NC1CCCCC1.C[Si](C)(C)CCOCn1ccc2c(NC3CCCCC3)c(C(=O)O)cnc21. The quantitative estimate of drug-likeness (QED) is 0.0536.